The van der Waals surface area contributed by atoms with Crippen molar-refractivity contribution < 1.29 is 9.53 Å². The molecule has 0 aromatic heterocycles. The maximum Gasteiger partial charge on any atom is 0.255 e. The number of carbonyl (C=O) groups excluding carboxylic acids is 1. The van der Waals surface area contributed by atoms with E-state index in [9.17, 15) is 4.79 Å². The zero-order valence-corrected chi connectivity index (χ0v) is 14.5. The van der Waals surface area contributed by atoms with E-state index in [-0.39, 0.29) is 12.0 Å². The second-order valence-corrected chi connectivity index (χ2v) is 6.62. The first-order valence-corrected chi connectivity index (χ1v) is 8.39. The molecule has 3 rings (SSSR count). The Kier molecular flexibility index (Phi) is 4.86. The lowest BCUT2D eigenvalue weighted by molar-refractivity contribution is 0.102. The first-order chi connectivity index (χ1) is 11.5. The van der Waals surface area contributed by atoms with Gasteiger partial charge in [-0.3, -0.25) is 4.79 Å². The van der Waals surface area contributed by atoms with Gasteiger partial charge >= 0.3 is 0 Å². The van der Waals surface area contributed by atoms with Crippen molar-refractivity contribution in [3.63, 3.8) is 0 Å². The van der Waals surface area contributed by atoms with Gasteiger partial charge in [-0.25, -0.2) is 0 Å². The van der Waals surface area contributed by atoms with E-state index in [4.69, 9.17) is 4.74 Å². The van der Waals surface area contributed by atoms with Crippen molar-refractivity contribution in [2.75, 3.05) is 18.9 Å². The van der Waals surface area contributed by atoms with E-state index in [1.807, 2.05) is 32.0 Å². The summed E-state index contributed by atoms with van der Waals surface area (Å²) in [6, 6.07) is 13.4. The summed E-state index contributed by atoms with van der Waals surface area (Å²) >= 11 is 0. The summed E-state index contributed by atoms with van der Waals surface area (Å²) in [7, 11) is 2.12. The van der Waals surface area contributed by atoms with Gasteiger partial charge < -0.3 is 15.0 Å². The van der Waals surface area contributed by atoms with E-state index in [2.05, 4.69) is 29.4 Å². The highest BCUT2D eigenvalue weighted by Crippen LogP contribution is 2.22. The lowest BCUT2D eigenvalue weighted by Crippen LogP contribution is -2.26. The Labute approximate surface area is 143 Å². The predicted octanol–water partition coefficient (Wildman–Crippen LogP) is 3.71. The van der Waals surface area contributed by atoms with Crippen molar-refractivity contribution in [2.45, 2.75) is 32.9 Å². The fourth-order valence-electron chi connectivity index (χ4n) is 2.94. The molecule has 4 nitrogen and oxygen atoms in total. The van der Waals surface area contributed by atoms with Crippen molar-refractivity contribution in [2.24, 2.45) is 0 Å². The second kappa shape index (κ2) is 7.05. The number of hydrogen-bond acceptors (Lipinski definition) is 3. The van der Waals surface area contributed by atoms with Gasteiger partial charge in [0.1, 0.15) is 5.75 Å². The lowest BCUT2D eigenvalue weighted by atomic mass is 9.99. The Balaban J connectivity index is 1.69. The summed E-state index contributed by atoms with van der Waals surface area (Å²) < 4.78 is 5.60. The Bertz CT molecular complexity index is 723. The molecule has 0 saturated carbocycles. The van der Waals surface area contributed by atoms with E-state index >= 15 is 0 Å². The molecule has 126 valence electrons. The van der Waals surface area contributed by atoms with E-state index in [0.717, 1.165) is 30.9 Å². The standard InChI is InChI=1S/C20H24N2O2/c1-14(2)24-19-8-5-16(6-9-19)20(23)21-18-7-4-15-10-11-22(3)13-17(15)12-18/h4-9,12,14H,10-11,13H2,1-3H3,(H,21,23). The number of nitrogens with zero attached hydrogens (tertiary/aromatic N) is 1. The van der Waals surface area contributed by atoms with Crippen molar-refractivity contribution >= 4 is 11.6 Å². The molecule has 0 unspecified atom stereocenters. The third kappa shape index (κ3) is 3.95. The van der Waals surface area contributed by atoms with Gasteiger partial charge in [0.25, 0.3) is 5.91 Å². The summed E-state index contributed by atoms with van der Waals surface area (Å²) in [5.74, 6) is 0.675. The largest absolute Gasteiger partial charge is 0.491 e. The molecule has 0 radical (unpaired) electrons. The fourth-order valence-corrected chi connectivity index (χ4v) is 2.94. The van der Waals surface area contributed by atoms with E-state index in [0.29, 0.717) is 5.56 Å². The van der Waals surface area contributed by atoms with Gasteiger partial charge in [-0.1, -0.05) is 6.07 Å². The molecule has 0 bridgehead atoms. The van der Waals surface area contributed by atoms with Crippen molar-refractivity contribution in [3.8, 4) is 5.75 Å². The molecular weight excluding hydrogens is 300 g/mol. The van der Waals surface area contributed by atoms with Crippen LogP contribution in [-0.4, -0.2) is 30.5 Å². The fraction of sp³-hybridized carbons (Fsp3) is 0.350. The van der Waals surface area contributed by atoms with Crippen LogP contribution in [0.15, 0.2) is 42.5 Å². The Morgan fingerprint density at radius 3 is 2.58 bits per heavy atom. The maximum absolute atomic E-state index is 12.4. The van der Waals surface area contributed by atoms with Crippen molar-refractivity contribution in [1.82, 2.24) is 4.90 Å². The topological polar surface area (TPSA) is 41.6 Å². The highest BCUT2D eigenvalue weighted by atomic mass is 16.5. The van der Waals surface area contributed by atoms with Gasteiger partial charge in [0.2, 0.25) is 0 Å². The lowest BCUT2D eigenvalue weighted by Gasteiger charge is -2.25. The molecule has 0 atom stereocenters. The summed E-state index contributed by atoms with van der Waals surface area (Å²) in [6.45, 7) is 5.98. The number of anilines is 1. The number of fused-ring (bicyclic) bond motifs is 1. The van der Waals surface area contributed by atoms with Gasteiger partial charge in [-0.15, -0.1) is 0 Å². The maximum atomic E-state index is 12.4. The Hall–Kier alpha value is -2.33. The minimum absolute atomic E-state index is 0.102. The molecule has 1 heterocycles. The first kappa shape index (κ1) is 16.5. The van der Waals surface area contributed by atoms with Crippen LogP contribution in [0.3, 0.4) is 0 Å². The number of ether oxygens (including phenoxy) is 1. The highest BCUT2D eigenvalue weighted by molar-refractivity contribution is 6.04. The minimum atomic E-state index is -0.102. The molecule has 4 heteroatoms. The molecule has 1 amide bonds. The van der Waals surface area contributed by atoms with Gasteiger partial charge in [0, 0.05) is 24.3 Å². The van der Waals surface area contributed by atoms with Crippen LogP contribution in [0.1, 0.15) is 35.3 Å². The first-order valence-electron chi connectivity index (χ1n) is 8.39. The zero-order chi connectivity index (χ0) is 17.1. The zero-order valence-electron chi connectivity index (χ0n) is 14.5. The SMILES string of the molecule is CC(C)Oc1ccc(C(=O)Nc2ccc3c(c2)CN(C)CC3)cc1. The van der Waals surface area contributed by atoms with Gasteiger partial charge in [0.05, 0.1) is 6.10 Å². The van der Waals surface area contributed by atoms with Crippen LogP contribution in [0.2, 0.25) is 0 Å². The second-order valence-electron chi connectivity index (χ2n) is 6.62. The number of nitrogens with one attached hydrogen (secondary N) is 1. The van der Waals surface area contributed by atoms with Crippen LogP contribution in [-0.2, 0) is 13.0 Å². The van der Waals surface area contributed by atoms with E-state index < -0.39 is 0 Å². The van der Waals surface area contributed by atoms with Crippen LogP contribution < -0.4 is 10.1 Å². The number of hydrogen-bond donors (Lipinski definition) is 1. The molecular formula is C20H24N2O2. The predicted molar refractivity (Wildman–Crippen MR) is 96.6 cm³/mol. The molecule has 0 saturated heterocycles. The number of carbonyl (C=O) groups is 1. The average molecular weight is 324 g/mol. The molecule has 1 aliphatic heterocycles. The third-order valence-corrected chi connectivity index (χ3v) is 4.16. The van der Waals surface area contributed by atoms with Crippen LogP contribution in [0.25, 0.3) is 0 Å². The summed E-state index contributed by atoms with van der Waals surface area (Å²) in [6.07, 6.45) is 1.19. The van der Waals surface area contributed by atoms with Gasteiger partial charge in [-0.2, -0.15) is 0 Å². The molecule has 0 spiro atoms. The highest BCUT2D eigenvalue weighted by Gasteiger charge is 2.14. The Morgan fingerprint density at radius 2 is 1.88 bits per heavy atom. The normalized spacial score (nSPS) is 14.3. The average Bonchev–Trinajstić information content (AvgIpc) is 2.54. The Morgan fingerprint density at radius 1 is 1.12 bits per heavy atom. The number of amides is 1. The third-order valence-electron chi connectivity index (χ3n) is 4.16. The van der Waals surface area contributed by atoms with Crippen molar-refractivity contribution in [3.05, 3.63) is 59.2 Å². The molecule has 1 aliphatic rings. The number of rotatable bonds is 4. The van der Waals surface area contributed by atoms with Crippen molar-refractivity contribution in [1.29, 1.82) is 0 Å². The molecule has 1 N–H and O–H groups in total. The molecule has 0 fully saturated rings. The quantitative estimate of drug-likeness (QED) is 0.932. The van der Waals surface area contributed by atoms with E-state index in [1.54, 1.807) is 12.1 Å². The smallest absolute Gasteiger partial charge is 0.255 e. The number of likely N-dealkylation sites (N-methyl/N-ethyl adjacent to an activating group) is 1. The monoisotopic (exact) mass is 324 g/mol. The summed E-state index contributed by atoms with van der Waals surface area (Å²) in [5, 5.41) is 2.99. The van der Waals surface area contributed by atoms with Crippen LogP contribution in [0, 0.1) is 0 Å². The minimum Gasteiger partial charge on any atom is -0.491 e. The summed E-state index contributed by atoms with van der Waals surface area (Å²) in [4.78, 5) is 14.7. The molecule has 2 aromatic carbocycles. The van der Waals surface area contributed by atoms with Gasteiger partial charge in [0.15, 0.2) is 0 Å². The van der Waals surface area contributed by atoms with E-state index in [1.165, 1.54) is 11.1 Å². The van der Waals surface area contributed by atoms with Gasteiger partial charge in [-0.05, 0) is 74.8 Å². The summed E-state index contributed by atoms with van der Waals surface area (Å²) in [5.41, 5.74) is 4.14. The van der Waals surface area contributed by atoms with Crippen LogP contribution >= 0.6 is 0 Å². The molecule has 2 aromatic rings. The van der Waals surface area contributed by atoms with Crippen LogP contribution in [0.5, 0.6) is 5.75 Å². The molecule has 24 heavy (non-hydrogen) atoms. The van der Waals surface area contributed by atoms with Crippen LogP contribution in [0.4, 0.5) is 5.69 Å². The number of benzene rings is 2. The molecule has 0 aliphatic carbocycles.